The van der Waals surface area contributed by atoms with Crippen LogP contribution in [0.25, 0.3) is 0 Å². The van der Waals surface area contributed by atoms with Crippen LogP contribution in [0.2, 0.25) is 0 Å². The first-order chi connectivity index (χ1) is 11.6. The lowest BCUT2D eigenvalue weighted by molar-refractivity contribution is -0.00601. The lowest BCUT2D eigenvalue weighted by Crippen LogP contribution is -2.63. The Hall–Kier alpha value is -2.02. The number of hydrogen-bond acceptors (Lipinski definition) is 2. The summed E-state index contributed by atoms with van der Waals surface area (Å²) in [5.41, 5.74) is 3.30. The average molecular weight is 323 g/mol. The highest BCUT2D eigenvalue weighted by Gasteiger charge is 2.46. The molecule has 0 spiro atoms. The third-order valence-electron chi connectivity index (χ3n) is 6.28. The first kappa shape index (κ1) is 15.5. The maximum Gasteiger partial charge on any atom is 0.322 e. The van der Waals surface area contributed by atoms with Crippen LogP contribution >= 0.6 is 0 Å². The molecule has 2 bridgehead atoms. The smallest absolute Gasteiger partial charge is 0.318 e. The van der Waals surface area contributed by atoms with Crippen molar-refractivity contribution in [2.45, 2.75) is 64.0 Å². The fourth-order valence-corrected chi connectivity index (χ4v) is 4.81. The average Bonchev–Trinajstić information content (AvgIpc) is 2.49. The molecule has 4 unspecified atom stereocenters. The minimum atomic E-state index is 0.0448. The van der Waals surface area contributed by atoms with E-state index in [2.05, 4.69) is 37.4 Å². The summed E-state index contributed by atoms with van der Waals surface area (Å²) >= 11 is 0. The highest BCUT2D eigenvalue weighted by molar-refractivity contribution is 5.90. The standard InChI is InChI=1S/C20H25N3O/c1-12-7-16-10-17(8-12)23(16)20(24)22-15-5-3-13(2)19(9-15)18-6-4-14(18)11-21/h3,5,9,12,14,16-18H,4,6-8,10H2,1-2H3,(H,22,24). The Morgan fingerprint density at radius 2 is 2.00 bits per heavy atom. The van der Waals surface area contributed by atoms with Crippen molar-refractivity contribution in [2.75, 3.05) is 5.32 Å². The van der Waals surface area contributed by atoms with Gasteiger partial charge in [0.2, 0.25) is 0 Å². The lowest BCUT2D eigenvalue weighted by Gasteiger charge is -2.54. The summed E-state index contributed by atoms with van der Waals surface area (Å²) in [5.74, 6) is 1.20. The highest BCUT2D eigenvalue weighted by Crippen LogP contribution is 2.44. The molecule has 3 fully saturated rings. The van der Waals surface area contributed by atoms with Crippen molar-refractivity contribution in [1.82, 2.24) is 4.90 Å². The monoisotopic (exact) mass is 323 g/mol. The second kappa shape index (κ2) is 5.81. The van der Waals surface area contributed by atoms with Crippen LogP contribution in [0.3, 0.4) is 0 Å². The SMILES string of the molecule is Cc1ccc(NC(=O)N2C3CC(C)CC2C3)cc1C1CCC1C#N. The number of anilines is 1. The van der Waals surface area contributed by atoms with Gasteiger partial charge in [0.1, 0.15) is 0 Å². The summed E-state index contributed by atoms with van der Waals surface area (Å²) in [4.78, 5) is 14.7. The van der Waals surface area contributed by atoms with Crippen LogP contribution in [0.4, 0.5) is 10.5 Å². The number of nitrogens with one attached hydrogen (secondary N) is 1. The van der Waals surface area contributed by atoms with Crippen LogP contribution in [-0.2, 0) is 0 Å². The number of nitriles is 1. The Bertz CT molecular complexity index is 695. The number of fused-ring (bicyclic) bond motifs is 2. The van der Waals surface area contributed by atoms with E-state index in [1.54, 1.807) is 0 Å². The second-order valence-electron chi connectivity index (χ2n) is 7.95. The van der Waals surface area contributed by atoms with Gasteiger partial charge in [0.05, 0.1) is 12.0 Å². The second-order valence-corrected chi connectivity index (χ2v) is 7.95. The normalized spacial score (nSPS) is 33.9. The molecule has 4 atom stereocenters. The van der Waals surface area contributed by atoms with E-state index >= 15 is 0 Å². The van der Waals surface area contributed by atoms with E-state index in [1.807, 2.05) is 11.0 Å². The third-order valence-corrected chi connectivity index (χ3v) is 6.28. The summed E-state index contributed by atoms with van der Waals surface area (Å²) in [6.07, 6.45) is 5.50. The molecule has 0 radical (unpaired) electrons. The Morgan fingerprint density at radius 1 is 1.25 bits per heavy atom. The van der Waals surface area contributed by atoms with E-state index in [9.17, 15) is 10.1 Å². The Kier molecular flexibility index (Phi) is 3.75. The Labute approximate surface area is 143 Å². The predicted octanol–water partition coefficient (Wildman–Crippen LogP) is 4.42. The van der Waals surface area contributed by atoms with Gasteiger partial charge in [-0.05, 0) is 68.2 Å². The maximum absolute atomic E-state index is 12.6. The van der Waals surface area contributed by atoms with Gasteiger partial charge in [-0.25, -0.2) is 4.79 Å². The van der Waals surface area contributed by atoms with E-state index in [4.69, 9.17) is 0 Å². The van der Waals surface area contributed by atoms with Crippen molar-refractivity contribution < 1.29 is 4.79 Å². The number of hydrogen-bond donors (Lipinski definition) is 1. The molecule has 1 saturated carbocycles. The molecule has 0 aromatic heterocycles. The van der Waals surface area contributed by atoms with Crippen molar-refractivity contribution in [3.63, 3.8) is 0 Å². The van der Waals surface area contributed by atoms with Gasteiger partial charge in [-0.2, -0.15) is 5.26 Å². The minimum Gasteiger partial charge on any atom is -0.318 e. The van der Waals surface area contributed by atoms with E-state index in [-0.39, 0.29) is 11.9 Å². The molecule has 126 valence electrons. The van der Waals surface area contributed by atoms with Gasteiger partial charge in [-0.3, -0.25) is 0 Å². The van der Waals surface area contributed by atoms with Gasteiger partial charge in [0, 0.05) is 23.7 Å². The molecule has 4 heteroatoms. The lowest BCUT2D eigenvalue weighted by atomic mass is 9.70. The summed E-state index contributed by atoms with van der Waals surface area (Å²) < 4.78 is 0. The number of carbonyl (C=O) groups is 1. The van der Waals surface area contributed by atoms with Crippen LogP contribution in [0.1, 0.15) is 56.1 Å². The van der Waals surface area contributed by atoms with E-state index < -0.39 is 0 Å². The molecule has 4 nitrogen and oxygen atoms in total. The fourth-order valence-electron chi connectivity index (χ4n) is 4.81. The molecule has 2 amide bonds. The van der Waals surface area contributed by atoms with Gasteiger partial charge < -0.3 is 10.2 Å². The zero-order chi connectivity index (χ0) is 16.8. The number of nitrogens with zero attached hydrogens (tertiary/aromatic N) is 2. The van der Waals surface area contributed by atoms with E-state index in [0.717, 1.165) is 37.3 Å². The number of carbonyl (C=O) groups excluding carboxylic acids is 1. The molecule has 1 N–H and O–H groups in total. The number of benzene rings is 1. The number of amides is 2. The largest absolute Gasteiger partial charge is 0.322 e. The minimum absolute atomic E-state index is 0.0448. The van der Waals surface area contributed by atoms with Gasteiger partial charge in [-0.15, -0.1) is 0 Å². The van der Waals surface area contributed by atoms with Crippen molar-refractivity contribution in [3.8, 4) is 6.07 Å². The highest BCUT2D eigenvalue weighted by atomic mass is 16.2. The molecular formula is C20H25N3O. The Morgan fingerprint density at radius 3 is 2.62 bits per heavy atom. The number of aryl methyl sites for hydroxylation is 1. The summed E-state index contributed by atoms with van der Waals surface area (Å²) in [5, 5.41) is 12.3. The van der Waals surface area contributed by atoms with Crippen molar-refractivity contribution in [2.24, 2.45) is 11.8 Å². The quantitative estimate of drug-likeness (QED) is 0.876. The molecule has 2 heterocycles. The topological polar surface area (TPSA) is 56.1 Å². The molecule has 3 aliphatic rings. The number of rotatable bonds is 2. The number of urea groups is 1. The summed E-state index contributed by atoms with van der Waals surface area (Å²) in [6, 6.07) is 9.44. The zero-order valence-electron chi connectivity index (χ0n) is 14.5. The molecule has 2 saturated heterocycles. The molecule has 24 heavy (non-hydrogen) atoms. The van der Waals surface area contributed by atoms with E-state index in [1.165, 1.54) is 17.5 Å². The van der Waals surface area contributed by atoms with Crippen LogP contribution in [0.15, 0.2) is 18.2 Å². The molecular weight excluding hydrogens is 298 g/mol. The molecule has 2 aliphatic heterocycles. The predicted molar refractivity (Wildman–Crippen MR) is 93.7 cm³/mol. The summed E-state index contributed by atoms with van der Waals surface area (Å²) in [6.45, 7) is 4.37. The van der Waals surface area contributed by atoms with Gasteiger partial charge in [0.25, 0.3) is 0 Å². The van der Waals surface area contributed by atoms with E-state index in [0.29, 0.717) is 18.0 Å². The zero-order valence-corrected chi connectivity index (χ0v) is 14.5. The fraction of sp³-hybridized carbons (Fsp3) is 0.600. The van der Waals surface area contributed by atoms with Gasteiger partial charge in [0.15, 0.2) is 0 Å². The van der Waals surface area contributed by atoms with Crippen LogP contribution < -0.4 is 5.32 Å². The Balaban J connectivity index is 1.47. The van der Waals surface area contributed by atoms with Crippen LogP contribution in [0.5, 0.6) is 0 Å². The van der Waals surface area contributed by atoms with Crippen LogP contribution in [-0.4, -0.2) is 23.0 Å². The maximum atomic E-state index is 12.6. The van der Waals surface area contributed by atoms with Crippen molar-refractivity contribution in [1.29, 1.82) is 5.26 Å². The van der Waals surface area contributed by atoms with Gasteiger partial charge in [-0.1, -0.05) is 13.0 Å². The first-order valence-corrected chi connectivity index (χ1v) is 9.16. The van der Waals surface area contributed by atoms with Crippen molar-refractivity contribution >= 4 is 11.7 Å². The van der Waals surface area contributed by atoms with Gasteiger partial charge >= 0.3 is 6.03 Å². The summed E-state index contributed by atoms with van der Waals surface area (Å²) in [7, 11) is 0. The molecule has 1 aromatic carbocycles. The first-order valence-electron chi connectivity index (χ1n) is 9.16. The third kappa shape index (κ3) is 2.47. The molecule has 1 aliphatic carbocycles. The van der Waals surface area contributed by atoms with Crippen LogP contribution in [0, 0.1) is 30.1 Å². The molecule has 4 rings (SSSR count). The van der Waals surface area contributed by atoms with Crippen molar-refractivity contribution in [3.05, 3.63) is 29.3 Å². The molecule has 1 aromatic rings. The number of piperidine rings is 1.